The van der Waals surface area contributed by atoms with Gasteiger partial charge in [0.25, 0.3) is 0 Å². The molecule has 0 amide bonds. The zero-order valence-electron chi connectivity index (χ0n) is 13.9. The fraction of sp³-hybridized carbons (Fsp3) is 0.158. The molecule has 0 unspecified atom stereocenters. The normalized spacial score (nSPS) is 11.6. The maximum absolute atomic E-state index is 13.0. The third kappa shape index (κ3) is 4.46. The number of hydrogen-bond acceptors (Lipinski definition) is 4. The zero-order valence-corrected chi connectivity index (χ0v) is 15.5. The molecule has 0 N–H and O–H groups in total. The average molecular weight is 392 g/mol. The molecule has 1 heterocycles. The first kappa shape index (κ1) is 18.5. The zero-order chi connectivity index (χ0) is 18.4. The Labute approximate surface area is 157 Å². The van der Waals surface area contributed by atoms with E-state index in [9.17, 15) is 8.42 Å². The van der Waals surface area contributed by atoms with E-state index < -0.39 is 10.0 Å². The Balaban J connectivity index is 1.76. The van der Waals surface area contributed by atoms with Gasteiger partial charge in [-0.3, -0.25) is 0 Å². The number of ether oxygens (including phenoxy) is 1. The lowest BCUT2D eigenvalue weighted by Crippen LogP contribution is -2.34. The lowest BCUT2D eigenvalue weighted by atomic mass is 10.3. The van der Waals surface area contributed by atoms with Gasteiger partial charge < -0.3 is 9.15 Å². The first-order valence-electron chi connectivity index (χ1n) is 8.02. The van der Waals surface area contributed by atoms with Gasteiger partial charge in [0.1, 0.15) is 18.1 Å². The van der Waals surface area contributed by atoms with Crippen molar-refractivity contribution in [2.45, 2.75) is 11.4 Å². The van der Waals surface area contributed by atoms with Crippen LogP contribution >= 0.6 is 11.6 Å². The summed E-state index contributed by atoms with van der Waals surface area (Å²) in [4.78, 5) is 0.226. The number of benzene rings is 2. The van der Waals surface area contributed by atoms with Crippen molar-refractivity contribution < 1.29 is 17.6 Å². The Morgan fingerprint density at radius 3 is 2.38 bits per heavy atom. The molecular weight excluding hydrogens is 374 g/mol. The summed E-state index contributed by atoms with van der Waals surface area (Å²) in [6.07, 6.45) is 1.52. The summed E-state index contributed by atoms with van der Waals surface area (Å²) in [7, 11) is -3.68. The Kier molecular flexibility index (Phi) is 5.98. The Bertz CT molecular complexity index is 927. The van der Waals surface area contributed by atoms with E-state index in [0.29, 0.717) is 16.5 Å². The highest BCUT2D eigenvalue weighted by molar-refractivity contribution is 7.89. The Morgan fingerprint density at radius 2 is 1.69 bits per heavy atom. The molecule has 1 aromatic heterocycles. The van der Waals surface area contributed by atoms with Crippen LogP contribution in [0.3, 0.4) is 0 Å². The minimum absolute atomic E-state index is 0.121. The van der Waals surface area contributed by atoms with Crippen molar-refractivity contribution in [3.63, 3.8) is 0 Å². The predicted molar refractivity (Wildman–Crippen MR) is 99.7 cm³/mol. The van der Waals surface area contributed by atoms with Crippen molar-refractivity contribution in [1.29, 1.82) is 0 Å². The first-order chi connectivity index (χ1) is 12.6. The van der Waals surface area contributed by atoms with Crippen LogP contribution < -0.4 is 4.74 Å². The molecule has 3 rings (SSSR count). The van der Waals surface area contributed by atoms with Crippen molar-refractivity contribution >= 4 is 21.6 Å². The smallest absolute Gasteiger partial charge is 0.243 e. The highest BCUT2D eigenvalue weighted by atomic mass is 35.5. The third-order valence-corrected chi connectivity index (χ3v) is 5.90. The lowest BCUT2D eigenvalue weighted by Gasteiger charge is -2.21. The minimum Gasteiger partial charge on any atom is -0.491 e. The summed E-state index contributed by atoms with van der Waals surface area (Å²) < 4.78 is 38.2. The molecular formula is C19H18ClNO4S. The molecule has 26 heavy (non-hydrogen) atoms. The second kappa shape index (κ2) is 8.40. The van der Waals surface area contributed by atoms with Crippen molar-refractivity contribution in [3.05, 3.63) is 83.8 Å². The predicted octanol–water partition coefficient (Wildman–Crippen LogP) is 4.20. The molecule has 3 aromatic rings. The maximum Gasteiger partial charge on any atom is 0.243 e. The SMILES string of the molecule is O=S(=O)(c1ccccc1)N(CCOc1ccccc1Cl)Cc1ccco1. The number of para-hydroxylation sites is 1. The molecule has 0 radical (unpaired) electrons. The van der Waals surface area contributed by atoms with E-state index in [1.807, 2.05) is 6.07 Å². The number of halogens is 1. The minimum atomic E-state index is -3.68. The topological polar surface area (TPSA) is 59.8 Å². The Morgan fingerprint density at radius 1 is 0.962 bits per heavy atom. The molecule has 0 atom stereocenters. The average Bonchev–Trinajstić information content (AvgIpc) is 3.16. The van der Waals surface area contributed by atoms with E-state index in [0.717, 1.165) is 0 Å². The standard InChI is InChI=1S/C19H18ClNO4S/c20-18-10-4-5-11-19(18)25-14-12-21(15-16-7-6-13-24-16)26(22,23)17-8-2-1-3-9-17/h1-11,13H,12,14-15H2. The molecule has 0 bridgehead atoms. The fourth-order valence-electron chi connectivity index (χ4n) is 2.42. The molecule has 0 spiro atoms. The van der Waals surface area contributed by atoms with Gasteiger partial charge in [0, 0.05) is 6.54 Å². The van der Waals surface area contributed by atoms with Crippen molar-refractivity contribution in [3.8, 4) is 5.75 Å². The summed E-state index contributed by atoms with van der Waals surface area (Å²) in [6, 6.07) is 18.8. The van der Waals surface area contributed by atoms with Crippen LogP contribution in [-0.2, 0) is 16.6 Å². The molecule has 136 valence electrons. The van der Waals surface area contributed by atoms with Gasteiger partial charge >= 0.3 is 0 Å². The number of rotatable bonds is 8. The number of furan rings is 1. The number of sulfonamides is 1. The van der Waals surface area contributed by atoms with E-state index in [4.69, 9.17) is 20.8 Å². The first-order valence-corrected chi connectivity index (χ1v) is 9.84. The number of hydrogen-bond donors (Lipinski definition) is 0. The monoisotopic (exact) mass is 391 g/mol. The fourth-order valence-corrected chi connectivity index (χ4v) is 4.02. The molecule has 0 aliphatic carbocycles. The van der Waals surface area contributed by atoms with Gasteiger partial charge in [-0.15, -0.1) is 0 Å². The second-order valence-corrected chi connectivity index (χ2v) is 7.86. The molecule has 0 saturated carbocycles. The van der Waals surface area contributed by atoms with Gasteiger partial charge in [0.2, 0.25) is 10.0 Å². The van der Waals surface area contributed by atoms with Crippen molar-refractivity contribution in [2.75, 3.05) is 13.2 Å². The van der Waals surface area contributed by atoms with Gasteiger partial charge in [-0.05, 0) is 36.4 Å². The van der Waals surface area contributed by atoms with Gasteiger partial charge in [-0.1, -0.05) is 41.9 Å². The van der Waals surface area contributed by atoms with Crippen molar-refractivity contribution in [1.82, 2.24) is 4.31 Å². The molecule has 0 aliphatic heterocycles. The van der Waals surface area contributed by atoms with Crippen LogP contribution in [0.2, 0.25) is 5.02 Å². The molecule has 0 fully saturated rings. The highest BCUT2D eigenvalue weighted by Crippen LogP contribution is 2.23. The summed E-state index contributed by atoms with van der Waals surface area (Å²) in [6.45, 7) is 0.440. The molecule has 0 saturated heterocycles. The second-order valence-electron chi connectivity index (χ2n) is 5.51. The van der Waals surface area contributed by atoms with Gasteiger partial charge in [-0.2, -0.15) is 4.31 Å². The van der Waals surface area contributed by atoms with Crippen molar-refractivity contribution in [2.24, 2.45) is 0 Å². The van der Waals surface area contributed by atoms with Crippen LogP contribution in [0, 0.1) is 0 Å². The van der Waals surface area contributed by atoms with Gasteiger partial charge in [-0.25, -0.2) is 8.42 Å². The molecule has 2 aromatic carbocycles. The maximum atomic E-state index is 13.0. The van der Waals surface area contributed by atoms with E-state index in [1.165, 1.54) is 10.6 Å². The van der Waals surface area contributed by atoms with Gasteiger partial charge in [0.05, 0.1) is 22.7 Å². The van der Waals surface area contributed by atoms with Crippen LogP contribution in [0.15, 0.2) is 82.3 Å². The third-order valence-electron chi connectivity index (χ3n) is 3.73. The van der Waals surface area contributed by atoms with Crippen LogP contribution in [0.4, 0.5) is 0 Å². The van der Waals surface area contributed by atoms with Crippen LogP contribution in [0.25, 0.3) is 0 Å². The van der Waals surface area contributed by atoms with Crippen LogP contribution in [0.5, 0.6) is 5.75 Å². The van der Waals surface area contributed by atoms with Crippen LogP contribution in [0.1, 0.15) is 5.76 Å². The van der Waals surface area contributed by atoms with Gasteiger partial charge in [0.15, 0.2) is 0 Å². The van der Waals surface area contributed by atoms with E-state index in [2.05, 4.69) is 0 Å². The highest BCUT2D eigenvalue weighted by Gasteiger charge is 2.25. The lowest BCUT2D eigenvalue weighted by molar-refractivity contribution is 0.262. The molecule has 0 aliphatic rings. The Hall–Kier alpha value is -2.28. The molecule has 7 heteroatoms. The summed E-state index contributed by atoms with van der Waals surface area (Å²) in [5.41, 5.74) is 0. The van der Waals surface area contributed by atoms with E-state index in [1.54, 1.807) is 60.7 Å². The summed E-state index contributed by atoms with van der Waals surface area (Å²) in [5.74, 6) is 1.08. The number of nitrogens with zero attached hydrogens (tertiary/aromatic N) is 1. The van der Waals surface area contributed by atoms with Crippen LogP contribution in [-0.4, -0.2) is 25.9 Å². The largest absolute Gasteiger partial charge is 0.491 e. The summed E-state index contributed by atoms with van der Waals surface area (Å²) in [5, 5.41) is 0.482. The quantitative estimate of drug-likeness (QED) is 0.577. The van der Waals surface area contributed by atoms with E-state index >= 15 is 0 Å². The molecule has 5 nitrogen and oxygen atoms in total. The van der Waals surface area contributed by atoms with E-state index in [-0.39, 0.29) is 24.6 Å². The summed E-state index contributed by atoms with van der Waals surface area (Å²) >= 11 is 6.07.